The van der Waals surface area contributed by atoms with Gasteiger partial charge >= 0.3 is 12.1 Å². The second-order valence-electron chi connectivity index (χ2n) is 12.9. The van der Waals surface area contributed by atoms with E-state index in [0.717, 1.165) is 5.57 Å². The number of amides is 3. The molecule has 0 unspecified atom stereocenters. The number of benzene rings is 1. The molecule has 3 heterocycles. The topological polar surface area (TPSA) is 156 Å². The number of hydrogen-bond acceptors (Lipinski definition) is 11. The number of aliphatic hydroxyl groups is 1. The van der Waals surface area contributed by atoms with Crippen LogP contribution in [0.1, 0.15) is 52.5 Å². The zero-order chi connectivity index (χ0) is 36.4. The molecule has 0 saturated carbocycles. The Morgan fingerprint density at radius 2 is 1.98 bits per heavy atom. The Balaban J connectivity index is 1.80. The third-order valence-corrected chi connectivity index (χ3v) is 10.3. The van der Waals surface area contributed by atoms with Crippen molar-refractivity contribution in [2.24, 2.45) is 5.92 Å². The molecule has 2 fully saturated rings. The van der Waals surface area contributed by atoms with E-state index in [0.29, 0.717) is 22.8 Å². The number of halogens is 1. The number of likely N-dealkylation sites (N-methyl/N-ethyl adjacent to an activating group) is 1. The van der Waals surface area contributed by atoms with Crippen molar-refractivity contribution in [3.05, 3.63) is 40.9 Å². The van der Waals surface area contributed by atoms with Crippen molar-refractivity contribution in [3.8, 4) is 5.75 Å². The van der Waals surface area contributed by atoms with Gasteiger partial charge in [0.2, 0.25) is 11.8 Å². The van der Waals surface area contributed by atoms with E-state index in [9.17, 15) is 24.3 Å². The van der Waals surface area contributed by atoms with Gasteiger partial charge in [0, 0.05) is 40.0 Å². The van der Waals surface area contributed by atoms with Crippen LogP contribution in [0.25, 0.3) is 5.57 Å². The van der Waals surface area contributed by atoms with Crippen LogP contribution < -0.4 is 15.0 Å². The number of carbonyl (C=O) groups excluding carboxylic acids is 4. The van der Waals surface area contributed by atoms with Crippen LogP contribution in [0.4, 0.5) is 10.5 Å². The van der Waals surface area contributed by atoms with Crippen molar-refractivity contribution in [1.29, 1.82) is 0 Å². The van der Waals surface area contributed by atoms with E-state index in [2.05, 4.69) is 17.9 Å². The maximum Gasteiger partial charge on any atom is 0.409 e. The molecule has 4 rings (SSSR count). The summed E-state index contributed by atoms with van der Waals surface area (Å²) in [7, 11) is 5.94. The highest BCUT2D eigenvalue weighted by molar-refractivity contribution is 7.80. The number of fused-ring (bicyclic) bond motifs is 5. The number of allylic oxidation sites excluding steroid dienone is 3. The van der Waals surface area contributed by atoms with Crippen LogP contribution in [0.5, 0.6) is 5.75 Å². The molecule has 3 aliphatic rings. The zero-order valence-corrected chi connectivity index (χ0v) is 30.7. The average Bonchev–Trinajstić information content (AvgIpc) is 3.76. The first-order chi connectivity index (χ1) is 23.0. The monoisotopic (exact) mass is 723 g/mol. The molecule has 0 aromatic heterocycles. The first kappa shape index (κ1) is 38.5. The fourth-order valence-corrected chi connectivity index (χ4v) is 6.76. The predicted molar refractivity (Wildman–Crippen MR) is 186 cm³/mol. The Hall–Kier alpha value is -3.30. The summed E-state index contributed by atoms with van der Waals surface area (Å²) in [5, 5.41) is 14.4. The molecule has 0 radical (unpaired) electrons. The van der Waals surface area contributed by atoms with Crippen molar-refractivity contribution in [2.45, 2.75) is 88.7 Å². The second-order valence-corrected chi connectivity index (χ2v) is 13.7. The number of hydrogen-bond donors (Lipinski definition) is 3. The number of anilines is 1. The van der Waals surface area contributed by atoms with Crippen LogP contribution >= 0.6 is 24.2 Å². The standard InChI is InChI=1S/C34H46ClN3O10S/c1-18-10-9-11-25(45-8)34(43)17-24(46-32(42)36-34)19(2)30-33(4,48-30)26(47-31(41)20(3)37(5)27(39)12-13-49)16-28(40)38(6)22-14-21(18)15-23(44-7)29(22)35/h9-11,14-15,19-20,24-26,30,43,49H,12-13,16-17H2,1-8H3,(H,36,42)/b11-9-,18-10+/t19-,20+,24-,25-,26+,30-,33+,34+/m0/s1. The fraction of sp³-hybridized carbons (Fsp3) is 0.588. The van der Waals surface area contributed by atoms with Crippen LogP contribution in [-0.2, 0) is 33.3 Å². The van der Waals surface area contributed by atoms with Crippen molar-refractivity contribution in [2.75, 3.05) is 39.0 Å². The number of thiol groups is 1. The van der Waals surface area contributed by atoms with Crippen LogP contribution in [0.3, 0.4) is 0 Å². The molecule has 15 heteroatoms. The number of methoxy groups -OCH3 is 2. The Morgan fingerprint density at radius 3 is 2.61 bits per heavy atom. The van der Waals surface area contributed by atoms with E-state index in [-0.39, 0.29) is 30.2 Å². The van der Waals surface area contributed by atoms with E-state index in [1.54, 1.807) is 51.3 Å². The molecule has 13 nitrogen and oxygen atoms in total. The summed E-state index contributed by atoms with van der Waals surface area (Å²) < 4.78 is 29.0. The zero-order valence-electron chi connectivity index (χ0n) is 29.0. The number of epoxide rings is 1. The third-order valence-electron chi connectivity index (χ3n) is 9.73. The minimum atomic E-state index is -1.83. The van der Waals surface area contributed by atoms with E-state index >= 15 is 0 Å². The normalized spacial score (nSPS) is 32.5. The number of alkyl carbamates (subject to hydrolysis) is 1. The van der Waals surface area contributed by atoms with Crippen molar-refractivity contribution >= 4 is 59.4 Å². The summed E-state index contributed by atoms with van der Waals surface area (Å²) in [6, 6.07) is 2.49. The molecule has 0 aliphatic carbocycles. The Bertz CT molecular complexity index is 1520. The smallest absolute Gasteiger partial charge is 0.409 e. The van der Waals surface area contributed by atoms with Gasteiger partial charge in [-0.05, 0) is 49.8 Å². The molecule has 3 aliphatic heterocycles. The highest BCUT2D eigenvalue weighted by Crippen LogP contribution is 2.49. The van der Waals surface area contributed by atoms with Gasteiger partial charge in [-0.25, -0.2) is 9.59 Å². The molecule has 1 aromatic carbocycles. The van der Waals surface area contributed by atoms with Crippen LogP contribution in [0, 0.1) is 5.92 Å². The lowest BCUT2D eigenvalue weighted by Gasteiger charge is -2.42. The van der Waals surface area contributed by atoms with Crippen LogP contribution in [0.15, 0.2) is 30.4 Å². The molecular formula is C34H46ClN3O10S. The summed E-state index contributed by atoms with van der Waals surface area (Å²) in [5.74, 6) is -1.36. The third kappa shape index (κ3) is 8.04. The SMILES string of the molecule is COc1cc2cc(c1Cl)N(C)C(=O)C[C@@H](OC(=O)[C@@H](C)N(C)C(=O)CCS)[C@@]1(C)O[C@H]1[C@@H](C)[C@@H]1C[C@](O)(NC(=O)O1)[C@@H](OC)/C=C\C=C\2C. The number of nitrogens with one attached hydrogen (secondary N) is 1. The van der Waals surface area contributed by atoms with E-state index in [1.165, 1.54) is 38.0 Å². The molecule has 4 bridgehead atoms. The maximum absolute atomic E-state index is 14.0. The number of rotatable bonds is 7. The first-order valence-corrected chi connectivity index (χ1v) is 17.0. The van der Waals surface area contributed by atoms with Crippen molar-refractivity contribution in [1.82, 2.24) is 10.2 Å². The molecule has 3 amide bonds. The molecule has 8 atom stereocenters. The lowest BCUT2D eigenvalue weighted by atomic mass is 9.83. The largest absolute Gasteiger partial charge is 0.495 e. The van der Waals surface area contributed by atoms with E-state index in [1.807, 2.05) is 6.92 Å². The number of carbonyl (C=O) groups is 4. The fourth-order valence-electron chi connectivity index (χ4n) is 6.26. The molecule has 1 aromatic rings. The predicted octanol–water partition coefficient (Wildman–Crippen LogP) is 3.75. The summed E-state index contributed by atoms with van der Waals surface area (Å²) in [4.78, 5) is 55.5. The minimum absolute atomic E-state index is 0.0552. The quantitative estimate of drug-likeness (QED) is 0.215. The highest BCUT2D eigenvalue weighted by Gasteiger charge is 2.64. The van der Waals surface area contributed by atoms with Gasteiger partial charge in [0.1, 0.15) is 40.7 Å². The van der Waals surface area contributed by atoms with Crippen molar-refractivity contribution < 1.29 is 48.0 Å². The molecule has 2 saturated heterocycles. The van der Waals surface area contributed by atoms with Gasteiger partial charge in [-0.3, -0.25) is 14.9 Å². The van der Waals surface area contributed by atoms with Crippen molar-refractivity contribution in [3.63, 3.8) is 0 Å². The molecule has 2 N–H and O–H groups in total. The maximum atomic E-state index is 14.0. The van der Waals surface area contributed by atoms with E-state index < -0.39 is 65.7 Å². The van der Waals surface area contributed by atoms with Crippen LogP contribution in [0.2, 0.25) is 5.02 Å². The average molecular weight is 724 g/mol. The highest BCUT2D eigenvalue weighted by atomic mass is 35.5. The van der Waals surface area contributed by atoms with Gasteiger partial charge in [-0.2, -0.15) is 12.6 Å². The van der Waals surface area contributed by atoms with E-state index in [4.69, 9.17) is 35.3 Å². The molecule has 49 heavy (non-hydrogen) atoms. The number of esters is 1. The first-order valence-electron chi connectivity index (χ1n) is 16.0. The second kappa shape index (κ2) is 15.3. The summed E-state index contributed by atoms with van der Waals surface area (Å²) in [6.07, 6.45) is 0.442. The summed E-state index contributed by atoms with van der Waals surface area (Å²) >= 11 is 10.8. The molecule has 0 spiro atoms. The summed E-state index contributed by atoms with van der Waals surface area (Å²) in [6.45, 7) is 6.88. The van der Waals surface area contributed by atoms with Gasteiger partial charge in [-0.1, -0.05) is 36.8 Å². The Morgan fingerprint density at radius 1 is 1.29 bits per heavy atom. The minimum Gasteiger partial charge on any atom is -0.495 e. The Kier molecular flexibility index (Phi) is 12.0. The van der Waals surface area contributed by atoms with Gasteiger partial charge in [-0.15, -0.1) is 0 Å². The van der Waals surface area contributed by atoms with Gasteiger partial charge in [0.15, 0.2) is 5.72 Å². The Labute approximate surface area is 297 Å². The molecular weight excluding hydrogens is 678 g/mol. The van der Waals surface area contributed by atoms with Gasteiger partial charge < -0.3 is 38.6 Å². The lowest BCUT2D eigenvalue weighted by molar-refractivity contribution is -0.161. The number of ether oxygens (including phenoxy) is 5. The summed E-state index contributed by atoms with van der Waals surface area (Å²) in [5.41, 5.74) is -1.23. The lowest BCUT2D eigenvalue weighted by Crippen LogP contribution is -2.63. The van der Waals surface area contributed by atoms with Gasteiger partial charge in [0.05, 0.1) is 25.3 Å². The molecule has 270 valence electrons. The number of nitrogens with zero attached hydrogens (tertiary/aromatic N) is 2. The van der Waals surface area contributed by atoms with Gasteiger partial charge in [0.25, 0.3) is 0 Å². The van der Waals surface area contributed by atoms with Crippen LogP contribution in [-0.4, -0.2) is 110 Å².